The van der Waals surface area contributed by atoms with Gasteiger partial charge in [-0.15, -0.1) is 0 Å². The number of rotatable bonds is 4. The number of amides is 1. The maximum absolute atomic E-state index is 12.7. The van der Waals surface area contributed by atoms with Crippen molar-refractivity contribution in [3.63, 3.8) is 0 Å². The van der Waals surface area contributed by atoms with E-state index in [1.165, 1.54) is 4.90 Å². The first-order chi connectivity index (χ1) is 11.5. The van der Waals surface area contributed by atoms with Crippen LogP contribution in [0.1, 0.15) is 21.6 Å². The molecular formula is C19H17BrN2O2. The molecule has 3 aromatic rings. The first-order valence-electron chi connectivity index (χ1n) is 7.59. The number of H-pyrrole nitrogens is 1. The van der Waals surface area contributed by atoms with E-state index >= 15 is 0 Å². The Morgan fingerprint density at radius 2 is 1.75 bits per heavy atom. The highest BCUT2D eigenvalue weighted by atomic mass is 79.9. The predicted octanol–water partition coefficient (Wildman–Crippen LogP) is 4.08. The Balaban J connectivity index is 1.84. The fourth-order valence-corrected chi connectivity index (χ4v) is 3.05. The van der Waals surface area contributed by atoms with Crippen LogP contribution >= 0.6 is 15.9 Å². The van der Waals surface area contributed by atoms with E-state index in [9.17, 15) is 9.59 Å². The summed E-state index contributed by atoms with van der Waals surface area (Å²) in [5, 5.41) is 0.783. The third-order valence-electron chi connectivity index (χ3n) is 3.99. The minimum atomic E-state index is -0.509. The van der Waals surface area contributed by atoms with Crippen LogP contribution in [-0.4, -0.2) is 28.6 Å². The van der Waals surface area contributed by atoms with E-state index in [-0.39, 0.29) is 0 Å². The van der Waals surface area contributed by atoms with Gasteiger partial charge in [0.15, 0.2) is 0 Å². The van der Waals surface area contributed by atoms with E-state index in [1.807, 2.05) is 55.5 Å². The predicted molar refractivity (Wildman–Crippen MR) is 98.0 cm³/mol. The van der Waals surface area contributed by atoms with Gasteiger partial charge in [-0.3, -0.25) is 9.59 Å². The van der Waals surface area contributed by atoms with Gasteiger partial charge < -0.3 is 9.88 Å². The second-order valence-corrected chi connectivity index (χ2v) is 6.70. The second kappa shape index (κ2) is 6.61. The zero-order valence-electron chi connectivity index (χ0n) is 13.5. The van der Waals surface area contributed by atoms with Gasteiger partial charge in [-0.25, -0.2) is 0 Å². The zero-order chi connectivity index (χ0) is 17.3. The third kappa shape index (κ3) is 3.12. The summed E-state index contributed by atoms with van der Waals surface area (Å²) in [4.78, 5) is 29.9. The van der Waals surface area contributed by atoms with Crippen LogP contribution in [0.4, 0.5) is 0 Å². The van der Waals surface area contributed by atoms with Crippen molar-refractivity contribution in [2.75, 3.05) is 7.05 Å². The van der Waals surface area contributed by atoms with Gasteiger partial charge in [0, 0.05) is 34.7 Å². The average molecular weight is 385 g/mol. The Bertz CT molecular complexity index is 913. The van der Waals surface area contributed by atoms with Gasteiger partial charge in [-0.05, 0) is 30.7 Å². The molecule has 1 heterocycles. The van der Waals surface area contributed by atoms with Crippen molar-refractivity contribution in [1.29, 1.82) is 0 Å². The van der Waals surface area contributed by atoms with Crippen molar-refractivity contribution in [1.82, 2.24) is 9.88 Å². The van der Waals surface area contributed by atoms with Crippen LogP contribution in [0.25, 0.3) is 10.9 Å². The number of carbonyl (C=O) groups excluding carboxylic acids is 2. The Kier molecular flexibility index (Phi) is 4.53. The number of Topliss-reactive ketones (excluding diaryl/α,β-unsaturated/α-hetero) is 1. The number of hydrogen-bond donors (Lipinski definition) is 1. The Hall–Kier alpha value is -2.40. The maximum Gasteiger partial charge on any atom is 0.295 e. The number of nitrogens with zero attached hydrogens (tertiary/aromatic N) is 1. The highest BCUT2D eigenvalue weighted by Gasteiger charge is 2.25. The normalized spacial score (nSPS) is 10.8. The largest absolute Gasteiger partial charge is 0.358 e. The molecule has 0 bridgehead atoms. The number of fused-ring (bicyclic) bond motifs is 1. The lowest BCUT2D eigenvalue weighted by Gasteiger charge is -2.16. The summed E-state index contributed by atoms with van der Waals surface area (Å²) in [5.74, 6) is -0.990. The molecule has 0 spiro atoms. The van der Waals surface area contributed by atoms with Crippen LogP contribution in [0.15, 0.2) is 53.0 Å². The molecule has 24 heavy (non-hydrogen) atoms. The van der Waals surface area contributed by atoms with Gasteiger partial charge in [0.2, 0.25) is 0 Å². The lowest BCUT2D eigenvalue weighted by molar-refractivity contribution is -0.125. The van der Waals surface area contributed by atoms with Crippen molar-refractivity contribution in [2.24, 2.45) is 0 Å². The van der Waals surface area contributed by atoms with E-state index in [4.69, 9.17) is 0 Å². The maximum atomic E-state index is 12.7. The molecular weight excluding hydrogens is 368 g/mol. The summed E-state index contributed by atoms with van der Waals surface area (Å²) in [6, 6.07) is 15.2. The number of aryl methyl sites for hydroxylation is 1. The Morgan fingerprint density at radius 3 is 2.46 bits per heavy atom. The van der Waals surface area contributed by atoms with Crippen molar-refractivity contribution in [3.05, 3.63) is 69.8 Å². The third-order valence-corrected chi connectivity index (χ3v) is 4.52. The number of ketones is 1. The van der Waals surface area contributed by atoms with E-state index in [0.29, 0.717) is 17.8 Å². The highest BCUT2D eigenvalue weighted by molar-refractivity contribution is 9.10. The molecule has 0 unspecified atom stereocenters. The van der Waals surface area contributed by atoms with Gasteiger partial charge >= 0.3 is 0 Å². The van der Waals surface area contributed by atoms with E-state index in [2.05, 4.69) is 20.9 Å². The highest BCUT2D eigenvalue weighted by Crippen LogP contribution is 2.23. The summed E-state index contributed by atoms with van der Waals surface area (Å²) in [5.41, 5.74) is 3.00. The Morgan fingerprint density at radius 1 is 1.08 bits per heavy atom. The van der Waals surface area contributed by atoms with Gasteiger partial charge in [0.05, 0.1) is 5.56 Å². The van der Waals surface area contributed by atoms with Gasteiger partial charge in [-0.2, -0.15) is 0 Å². The van der Waals surface area contributed by atoms with E-state index in [0.717, 1.165) is 20.9 Å². The molecule has 0 aliphatic rings. The van der Waals surface area contributed by atoms with Crippen LogP contribution in [0.5, 0.6) is 0 Å². The van der Waals surface area contributed by atoms with Crippen molar-refractivity contribution >= 4 is 38.5 Å². The summed E-state index contributed by atoms with van der Waals surface area (Å²) < 4.78 is 0.978. The monoisotopic (exact) mass is 384 g/mol. The molecule has 0 radical (unpaired) electrons. The number of nitrogens with one attached hydrogen (secondary N) is 1. The number of para-hydroxylation sites is 1. The van der Waals surface area contributed by atoms with Crippen LogP contribution in [0, 0.1) is 6.92 Å². The molecule has 1 N–H and O–H groups in total. The molecule has 0 saturated heterocycles. The number of halogens is 1. The lowest BCUT2D eigenvalue weighted by atomic mass is 10.1. The number of carbonyl (C=O) groups is 2. The quantitative estimate of drug-likeness (QED) is 0.544. The summed E-state index contributed by atoms with van der Waals surface area (Å²) in [6.45, 7) is 2.20. The fourth-order valence-electron chi connectivity index (χ4n) is 2.78. The SMILES string of the molecule is Cc1[nH]c2ccccc2c1C(=O)C(=O)N(C)Cc1ccc(Br)cc1. The molecule has 5 heteroatoms. The molecule has 2 aromatic carbocycles. The van der Waals surface area contributed by atoms with Crippen LogP contribution < -0.4 is 0 Å². The topological polar surface area (TPSA) is 53.2 Å². The van der Waals surface area contributed by atoms with E-state index in [1.54, 1.807) is 7.05 Å². The molecule has 1 amide bonds. The van der Waals surface area contributed by atoms with Crippen LogP contribution in [0.3, 0.4) is 0 Å². The molecule has 0 fully saturated rings. The summed E-state index contributed by atoms with van der Waals surface area (Å²) in [6.07, 6.45) is 0. The number of aromatic amines is 1. The summed E-state index contributed by atoms with van der Waals surface area (Å²) in [7, 11) is 1.65. The molecule has 0 atom stereocenters. The van der Waals surface area contributed by atoms with Gasteiger partial charge in [-0.1, -0.05) is 46.3 Å². The van der Waals surface area contributed by atoms with Crippen molar-refractivity contribution in [3.8, 4) is 0 Å². The second-order valence-electron chi connectivity index (χ2n) is 5.79. The first kappa shape index (κ1) is 16.5. The molecule has 0 aliphatic heterocycles. The minimum absolute atomic E-state index is 0.388. The summed E-state index contributed by atoms with van der Waals surface area (Å²) >= 11 is 3.38. The first-order valence-corrected chi connectivity index (χ1v) is 8.38. The van der Waals surface area contributed by atoms with E-state index < -0.39 is 11.7 Å². The number of benzene rings is 2. The van der Waals surface area contributed by atoms with Gasteiger partial charge in [0.1, 0.15) is 0 Å². The number of hydrogen-bond acceptors (Lipinski definition) is 2. The van der Waals surface area contributed by atoms with Crippen molar-refractivity contribution < 1.29 is 9.59 Å². The molecule has 122 valence electrons. The number of aromatic nitrogens is 1. The molecule has 1 aromatic heterocycles. The fraction of sp³-hybridized carbons (Fsp3) is 0.158. The smallest absolute Gasteiger partial charge is 0.295 e. The minimum Gasteiger partial charge on any atom is -0.358 e. The van der Waals surface area contributed by atoms with Crippen LogP contribution in [-0.2, 0) is 11.3 Å². The molecule has 4 nitrogen and oxygen atoms in total. The Labute approximate surface area is 148 Å². The molecule has 0 saturated carbocycles. The van der Waals surface area contributed by atoms with Gasteiger partial charge in [0.25, 0.3) is 11.7 Å². The lowest BCUT2D eigenvalue weighted by Crippen LogP contribution is -2.33. The average Bonchev–Trinajstić information content (AvgIpc) is 2.91. The molecule has 0 aliphatic carbocycles. The standard InChI is InChI=1S/C19H17BrN2O2/c1-12-17(15-5-3-4-6-16(15)21-12)18(23)19(24)22(2)11-13-7-9-14(20)10-8-13/h3-10,21H,11H2,1-2H3. The number of likely N-dealkylation sites (N-methyl/N-ethyl adjacent to an activating group) is 1. The van der Waals surface area contributed by atoms with Crippen molar-refractivity contribution in [2.45, 2.75) is 13.5 Å². The zero-order valence-corrected chi connectivity index (χ0v) is 15.1. The van der Waals surface area contributed by atoms with Crippen LogP contribution in [0.2, 0.25) is 0 Å². The molecule has 3 rings (SSSR count).